The molecule has 0 radical (unpaired) electrons. The molecule has 0 bridgehead atoms. The number of para-hydroxylation sites is 1. The summed E-state index contributed by atoms with van der Waals surface area (Å²) in [5, 5.41) is 16.1. The van der Waals surface area contributed by atoms with Gasteiger partial charge in [-0.2, -0.15) is 0 Å². The monoisotopic (exact) mass is 332 g/mol. The van der Waals surface area contributed by atoms with Gasteiger partial charge in [-0.1, -0.05) is 48.5 Å². The smallest absolute Gasteiger partial charge is 0.222 e. The van der Waals surface area contributed by atoms with Crippen LogP contribution in [-0.4, -0.2) is 16.3 Å². The molecule has 5 nitrogen and oxygen atoms in total. The van der Waals surface area contributed by atoms with Crippen LogP contribution < -0.4 is 4.74 Å². The molecule has 4 rings (SSSR count). The Morgan fingerprint density at radius 1 is 0.960 bits per heavy atom. The Labute approximate surface area is 144 Å². The van der Waals surface area contributed by atoms with E-state index in [1.165, 1.54) is 0 Å². The third-order valence-electron chi connectivity index (χ3n) is 4.31. The van der Waals surface area contributed by atoms with Crippen molar-refractivity contribution in [2.75, 3.05) is 6.61 Å². The zero-order valence-electron chi connectivity index (χ0n) is 13.4. The van der Waals surface area contributed by atoms with E-state index in [2.05, 4.69) is 11.2 Å². The quantitative estimate of drug-likeness (QED) is 0.524. The highest BCUT2D eigenvalue weighted by Crippen LogP contribution is 2.38. The van der Waals surface area contributed by atoms with E-state index >= 15 is 0 Å². The van der Waals surface area contributed by atoms with Gasteiger partial charge in [0.2, 0.25) is 5.88 Å². The lowest BCUT2D eigenvalue weighted by atomic mass is 10.1. The predicted molar refractivity (Wildman–Crippen MR) is 98.5 cm³/mol. The van der Waals surface area contributed by atoms with E-state index < -0.39 is 0 Å². The SMILES string of the molecule is O=Nc1c(O)n(CCOc2ccc3ccccc3c2)c2ccccc12. The summed E-state index contributed by atoms with van der Waals surface area (Å²) in [6.45, 7) is 0.775. The molecule has 5 heteroatoms. The van der Waals surface area contributed by atoms with Crippen LogP contribution in [0, 0.1) is 4.91 Å². The fourth-order valence-corrected chi connectivity index (χ4v) is 3.10. The minimum absolute atomic E-state index is 0.0707. The number of rotatable bonds is 5. The maximum absolute atomic E-state index is 11.0. The number of aromatic nitrogens is 1. The second-order valence-corrected chi connectivity index (χ2v) is 5.79. The highest BCUT2D eigenvalue weighted by atomic mass is 16.5. The van der Waals surface area contributed by atoms with Crippen molar-refractivity contribution in [1.82, 2.24) is 4.57 Å². The highest BCUT2D eigenvalue weighted by Gasteiger charge is 2.16. The van der Waals surface area contributed by atoms with E-state index in [-0.39, 0.29) is 11.6 Å². The molecule has 0 spiro atoms. The second kappa shape index (κ2) is 6.28. The van der Waals surface area contributed by atoms with Gasteiger partial charge in [0.1, 0.15) is 12.4 Å². The van der Waals surface area contributed by atoms with Gasteiger partial charge in [0.25, 0.3) is 0 Å². The van der Waals surface area contributed by atoms with Crippen molar-refractivity contribution in [3.05, 3.63) is 71.6 Å². The van der Waals surface area contributed by atoms with E-state index in [0.29, 0.717) is 18.5 Å². The lowest BCUT2D eigenvalue weighted by Gasteiger charge is -2.10. The number of ether oxygens (including phenoxy) is 1. The van der Waals surface area contributed by atoms with Crippen molar-refractivity contribution in [3.8, 4) is 11.6 Å². The standard InChI is InChI=1S/C20H16N2O3/c23-20-19(21-24)17-7-3-4-8-18(17)22(20)11-12-25-16-10-9-14-5-1-2-6-15(14)13-16/h1-10,13,23H,11-12H2. The molecule has 0 aliphatic heterocycles. The Kier molecular flexibility index (Phi) is 3.82. The first-order valence-corrected chi connectivity index (χ1v) is 8.03. The van der Waals surface area contributed by atoms with Gasteiger partial charge in [0, 0.05) is 5.39 Å². The summed E-state index contributed by atoms with van der Waals surface area (Å²) in [7, 11) is 0. The molecule has 0 aliphatic carbocycles. The molecular weight excluding hydrogens is 316 g/mol. The van der Waals surface area contributed by atoms with Crippen LogP contribution in [0.2, 0.25) is 0 Å². The molecule has 0 unspecified atom stereocenters. The molecule has 0 atom stereocenters. The fourth-order valence-electron chi connectivity index (χ4n) is 3.10. The van der Waals surface area contributed by atoms with Gasteiger partial charge in [-0.25, -0.2) is 0 Å². The number of hydrogen-bond donors (Lipinski definition) is 1. The zero-order valence-corrected chi connectivity index (χ0v) is 13.4. The van der Waals surface area contributed by atoms with E-state index in [0.717, 1.165) is 22.0 Å². The molecule has 25 heavy (non-hydrogen) atoms. The van der Waals surface area contributed by atoms with Gasteiger partial charge in [-0.05, 0) is 34.1 Å². The number of nitrogens with zero attached hydrogens (tertiary/aromatic N) is 2. The number of nitroso groups, excluding NO2 is 1. The van der Waals surface area contributed by atoms with Crippen LogP contribution in [0.15, 0.2) is 71.9 Å². The van der Waals surface area contributed by atoms with Gasteiger partial charge >= 0.3 is 0 Å². The second-order valence-electron chi connectivity index (χ2n) is 5.79. The highest BCUT2D eigenvalue weighted by molar-refractivity contribution is 5.95. The van der Waals surface area contributed by atoms with Crippen LogP contribution in [0.5, 0.6) is 11.6 Å². The first-order valence-electron chi connectivity index (χ1n) is 8.03. The van der Waals surface area contributed by atoms with Crippen molar-refractivity contribution in [3.63, 3.8) is 0 Å². The normalized spacial score (nSPS) is 11.0. The first kappa shape index (κ1) is 15.2. The molecule has 1 N–H and O–H groups in total. The van der Waals surface area contributed by atoms with Crippen LogP contribution >= 0.6 is 0 Å². The summed E-state index contributed by atoms with van der Waals surface area (Å²) >= 11 is 0. The maximum atomic E-state index is 11.0. The Bertz CT molecular complexity index is 1070. The third kappa shape index (κ3) is 2.70. The molecule has 0 fully saturated rings. The number of benzene rings is 3. The Balaban J connectivity index is 1.56. The maximum Gasteiger partial charge on any atom is 0.222 e. The van der Waals surface area contributed by atoms with Crippen LogP contribution in [-0.2, 0) is 6.54 Å². The Morgan fingerprint density at radius 2 is 1.72 bits per heavy atom. The average Bonchev–Trinajstić information content (AvgIpc) is 2.93. The van der Waals surface area contributed by atoms with E-state index in [1.807, 2.05) is 54.6 Å². The van der Waals surface area contributed by atoms with Crippen molar-refractivity contribution in [1.29, 1.82) is 0 Å². The molecule has 4 aromatic rings. The Hall–Kier alpha value is -3.34. The summed E-state index contributed by atoms with van der Waals surface area (Å²) in [5.74, 6) is 0.640. The number of aromatic hydroxyl groups is 1. The van der Waals surface area contributed by atoms with Gasteiger partial charge in [-0.15, -0.1) is 4.91 Å². The minimum Gasteiger partial charge on any atom is -0.493 e. The minimum atomic E-state index is -0.127. The summed E-state index contributed by atoms with van der Waals surface area (Å²) in [6, 6.07) is 21.3. The van der Waals surface area contributed by atoms with Gasteiger partial charge in [-0.3, -0.25) is 0 Å². The summed E-state index contributed by atoms with van der Waals surface area (Å²) in [5.41, 5.74) is 0.831. The molecule has 0 amide bonds. The average molecular weight is 332 g/mol. The number of hydrogen-bond acceptors (Lipinski definition) is 4. The molecule has 0 saturated carbocycles. The predicted octanol–water partition coefficient (Wildman–Crippen LogP) is 4.98. The zero-order chi connectivity index (χ0) is 17.2. The van der Waals surface area contributed by atoms with Crippen LogP contribution in [0.3, 0.4) is 0 Å². The van der Waals surface area contributed by atoms with Crippen molar-refractivity contribution in [2.45, 2.75) is 6.54 Å². The largest absolute Gasteiger partial charge is 0.493 e. The van der Waals surface area contributed by atoms with Crippen LogP contribution in [0.4, 0.5) is 5.69 Å². The van der Waals surface area contributed by atoms with E-state index in [1.54, 1.807) is 10.6 Å². The van der Waals surface area contributed by atoms with Crippen molar-refractivity contribution >= 4 is 27.4 Å². The van der Waals surface area contributed by atoms with Crippen LogP contribution in [0.1, 0.15) is 0 Å². The number of fused-ring (bicyclic) bond motifs is 2. The lowest BCUT2D eigenvalue weighted by molar-refractivity contribution is 0.291. The molecule has 1 aromatic heterocycles. The fraction of sp³-hybridized carbons (Fsp3) is 0.100. The van der Waals surface area contributed by atoms with Crippen molar-refractivity contribution < 1.29 is 9.84 Å². The molecule has 0 saturated heterocycles. The molecule has 124 valence electrons. The Morgan fingerprint density at radius 3 is 2.56 bits per heavy atom. The van der Waals surface area contributed by atoms with Gasteiger partial charge in [0.05, 0.1) is 12.1 Å². The van der Waals surface area contributed by atoms with E-state index in [9.17, 15) is 10.0 Å². The van der Waals surface area contributed by atoms with Crippen molar-refractivity contribution in [2.24, 2.45) is 5.18 Å². The summed E-state index contributed by atoms with van der Waals surface area (Å²) in [4.78, 5) is 11.0. The first-order chi connectivity index (χ1) is 12.3. The third-order valence-corrected chi connectivity index (χ3v) is 4.31. The van der Waals surface area contributed by atoms with Gasteiger partial charge < -0.3 is 14.4 Å². The molecule has 1 heterocycles. The lowest BCUT2D eigenvalue weighted by Crippen LogP contribution is -2.07. The molecular formula is C20H16N2O3. The summed E-state index contributed by atoms with van der Waals surface area (Å²) in [6.07, 6.45) is 0. The topological polar surface area (TPSA) is 63.8 Å². The van der Waals surface area contributed by atoms with E-state index in [4.69, 9.17) is 4.74 Å². The molecule has 3 aromatic carbocycles. The molecule has 0 aliphatic rings. The van der Waals surface area contributed by atoms with Gasteiger partial charge in [0.15, 0.2) is 5.69 Å². The van der Waals surface area contributed by atoms with Crippen LogP contribution in [0.25, 0.3) is 21.7 Å². The summed E-state index contributed by atoms with van der Waals surface area (Å²) < 4.78 is 7.47.